The molecule has 3 aliphatic rings. The summed E-state index contributed by atoms with van der Waals surface area (Å²) in [6.45, 7) is 10.4. The zero-order valence-electron chi connectivity index (χ0n) is 18.0. The lowest BCUT2D eigenvalue weighted by molar-refractivity contribution is -0.125. The first-order chi connectivity index (χ1) is 13.3. The predicted molar refractivity (Wildman–Crippen MR) is 125 cm³/mol. The molecule has 0 spiro atoms. The minimum atomic E-state index is -0.798. The van der Waals surface area contributed by atoms with E-state index in [1.165, 1.54) is 0 Å². The Bertz CT molecular complexity index is 624. The molecule has 10 heteroatoms. The fraction of sp³-hybridized carbons (Fsp3) is 0.842. The highest BCUT2D eigenvalue weighted by Gasteiger charge is 2.48. The number of likely N-dealkylation sites (tertiary alicyclic amines) is 1. The molecule has 0 aromatic heterocycles. The molecule has 166 valence electrons. The number of aliphatic imine (C=N–C) groups is 1. The van der Waals surface area contributed by atoms with E-state index >= 15 is 0 Å². The summed E-state index contributed by atoms with van der Waals surface area (Å²) in [6.07, 6.45) is 1.70. The summed E-state index contributed by atoms with van der Waals surface area (Å²) in [5, 5.41) is 8.62. The van der Waals surface area contributed by atoms with Crippen LogP contribution in [0, 0.1) is 5.92 Å². The SMILES string of the molecule is CCNC(=NCC1CN(C)CCN1C)N1CCC(C2(C)NC(=O)NC2=O)CC1.I. The van der Waals surface area contributed by atoms with E-state index in [0.717, 1.165) is 64.6 Å². The lowest BCUT2D eigenvalue weighted by atomic mass is 9.79. The number of carbonyl (C=O) groups excluding carboxylic acids is 2. The quantitative estimate of drug-likeness (QED) is 0.211. The van der Waals surface area contributed by atoms with Gasteiger partial charge in [0.2, 0.25) is 0 Å². The summed E-state index contributed by atoms with van der Waals surface area (Å²) in [6, 6.07) is 0.0488. The molecule has 2 atom stereocenters. The van der Waals surface area contributed by atoms with Crippen LogP contribution in [0.1, 0.15) is 26.7 Å². The third kappa shape index (κ3) is 5.52. The number of imide groups is 1. The smallest absolute Gasteiger partial charge is 0.322 e. The van der Waals surface area contributed by atoms with Gasteiger partial charge < -0.3 is 20.4 Å². The van der Waals surface area contributed by atoms with Gasteiger partial charge in [0.1, 0.15) is 5.54 Å². The number of halogens is 1. The van der Waals surface area contributed by atoms with Gasteiger partial charge in [-0.1, -0.05) is 0 Å². The second kappa shape index (κ2) is 10.3. The maximum Gasteiger partial charge on any atom is 0.322 e. The average molecular weight is 521 g/mol. The van der Waals surface area contributed by atoms with Crippen LogP contribution in [0.5, 0.6) is 0 Å². The molecule has 3 heterocycles. The number of hydrogen-bond donors (Lipinski definition) is 3. The van der Waals surface area contributed by atoms with Crippen LogP contribution in [-0.2, 0) is 4.79 Å². The molecular weight excluding hydrogens is 485 g/mol. The van der Waals surface area contributed by atoms with Crippen molar-refractivity contribution in [3.8, 4) is 0 Å². The third-order valence-electron chi connectivity index (χ3n) is 6.45. The largest absolute Gasteiger partial charge is 0.357 e. The first-order valence-electron chi connectivity index (χ1n) is 10.4. The first kappa shape index (κ1) is 24.1. The Morgan fingerprint density at radius 3 is 2.48 bits per heavy atom. The number of piperidine rings is 1. The van der Waals surface area contributed by atoms with Crippen LogP contribution in [0.3, 0.4) is 0 Å². The van der Waals surface area contributed by atoms with Crippen LogP contribution in [-0.4, -0.2) is 104 Å². The van der Waals surface area contributed by atoms with E-state index in [4.69, 9.17) is 4.99 Å². The second-order valence-corrected chi connectivity index (χ2v) is 8.46. The van der Waals surface area contributed by atoms with Gasteiger partial charge in [0, 0.05) is 45.3 Å². The number of amides is 3. The van der Waals surface area contributed by atoms with Crippen LogP contribution in [0.15, 0.2) is 4.99 Å². The number of nitrogens with one attached hydrogen (secondary N) is 3. The van der Waals surface area contributed by atoms with E-state index in [-0.39, 0.29) is 41.8 Å². The summed E-state index contributed by atoms with van der Waals surface area (Å²) < 4.78 is 0. The Labute approximate surface area is 191 Å². The molecule has 0 bridgehead atoms. The van der Waals surface area contributed by atoms with Gasteiger partial charge in [-0.05, 0) is 46.7 Å². The molecule has 0 saturated carbocycles. The van der Waals surface area contributed by atoms with Crippen molar-refractivity contribution >= 4 is 41.9 Å². The van der Waals surface area contributed by atoms with Crippen LogP contribution in [0.25, 0.3) is 0 Å². The van der Waals surface area contributed by atoms with E-state index < -0.39 is 5.54 Å². The Morgan fingerprint density at radius 2 is 1.90 bits per heavy atom. The maximum absolute atomic E-state index is 12.2. The number of nitrogens with zero attached hydrogens (tertiary/aromatic N) is 4. The molecule has 29 heavy (non-hydrogen) atoms. The molecule has 3 saturated heterocycles. The molecule has 2 unspecified atom stereocenters. The van der Waals surface area contributed by atoms with Crippen molar-refractivity contribution < 1.29 is 9.59 Å². The molecule has 0 aromatic carbocycles. The molecule has 9 nitrogen and oxygen atoms in total. The summed E-state index contributed by atoms with van der Waals surface area (Å²) in [5.41, 5.74) is -0.798. The van der Waals surface area contributed by atoms with Gasteiger partial charge in [0.05, 0.1) is 6.54 Å². The van der Waals surface area contributed by atoms with E-state index in [2.05, 4.69) is 51.7 Å². The molecule has 3 fully saturated rings. The van der Waals surface area contributed by atoms with Crippen LogP contribution in [0.2, 0.25) is 0 Å². The molecular formula is C19H36IN7O2. The van der Waals surface area contributed by atoms with Gasteiger partial charge in [-0.2, -0.15) is 0 Å². The average Bonchev–Trinajstić information content (AvgIpc) is 2.94. The van der Waals surface area contributed by atoms with Gasteiger partial charge in [-0.3, -0.25) is 20.0 Å². The lowest BCUT2D eigenvalue weighted by Crippen LogP contribution is -2.55. The van der Waals surface area contributed by atoms with E-state index in [9.17, 15) is 9.59 Å². The molecule has 0 aliphatic carbocycles. The van der Waals surface area contributed by atoms with Crippen LogP contribution in [0.4, 0.5) is 4.79 Å². The molecule has 0 aromatic rings. The van der Waals surface area contributed by atoms with Crippen molar-refractivity contribution in [3.05, 3.63) is 0 Å². The fourth-order valence-electron chi connectivity index (χ4n) is 4.43. The first-order valence-corrected chi connectivity index (χ1v) is 10.4. The Morgan fingerprint density at radius 1 is 1.21 bits per heavy atom. The highest BCUT2D eigenvalue weighted by molar-refractivity contribution is 14.0. The van der Waals surface area contributed by atoms with Gasteiger partial charge in [-0.15, -0.1) is 24.0 Å². The molecule has 3 aliphatic heterocycles. The minimum Gasteiger partial charge on any atom is -0.357 e. The number of piperazine rings is 1. The monoisotopic (exact) mass is 521 g/mol. The van der Waals surface area contributed by atoms with E-state index in [1.807, 2.05) is 6.92 Å². The van der Waals surface area contributed by atoms with Crippen molar-refractivity contribution in [2.24, 2.45) is 10.9 Å². The molecule has 3 rings (SSSR count). The normalized spacial score (nSPS) is 30.0. The van der Waals surface area contributed by atoms with E-state index in [0.29, 0.717) is 6.04 Å². The van der Waals surface area contributed by atoms with Crippen LogP contribution < -0.4 is 16.0 Å². The molecule has 0 radical (unpaired) electrons. The minimum absolute atomic E-state index is 0. The summed E-state index contributed by atoms with van der Waals surface area (Å²) >= 11 is 0. The number of rotatable bonds is 4. The Balaban J connectivity index is 0.00000300. The number of urea groups is 1. The van der Waals surface area contributed by atoms with Crippen LogP contribution >= 0.6 is 24.0 Å². The fourth-order valence-corrected chi connectivity index (χ4v) is 4.43. The third-order valence-corrected chi connectivity index (χ3v) is 6.45. The highest BCUT2D eigenvalue weighted by atomic mass is 127. The summed E-state index contributed by atoms with van der Waals surface area (Å²) in [5.74, 6) is 0.879. The lowest BCUT2D eigenvalue weighted by Gasteiger charge is -2.40. The van der Waals surface area contributed by atoms with Gasteiger partial charge in [0.15, 0.2) is 5.96 Å². The Hall–Kier alpha value is -1.14. The van der Waals surface area contributed by atoms with Gasteiger partial charge >= 0.3 is 6.03 Å². The standard InChI is InChI=1S/C19H35N7O2.HI/c1-5-20-17(21-12-15-13-24(3)10-11-25(15)4)26-8-6-14(7-9-26)19(2)16(27)22-18(28)23-19;/h14-15H,5-13H2,1-4H3,(H,20,21)(H2,22,23,27,28);1H. The van der Waals surface area contributed by atoms with Crippen molar-refractivity contribution in [1.29, 1.82) is 0 Å². The van der Waals surface area contributed by atoms with Crippen molar-refractivity contribution in [2.75, 3.05) is 59.9 Å². The molecule has 3 N–H and O–H groups in total. The van der Waals surface area contributed by atoms with Crippen molar-refractivity contribution in [1.82, 2.24) is 30.7 Å². The number of guanidine groups is 1. The number of carbonyl (C=O) groups is 2. The Kier molecular flexibility index (Phi) is 8.53. The topological polar surface area (TPSA) is 92.3 Å². The summed E-state index contributed by atoms with van der Waals surface area (Å²) in [4.78, 5) is 35.7. The zero-order valence-corrected chi connectivity index (χ0v) is 20.4. The highest BCUT2D eigenvalue weighted by Crippen LogP contribution is 2.30. The maximum atomic E-state index is 12.2. The van der Waals surface area contributed by atoms with Crippen molar-refractivity contribution in [2.45, 2.75) is 38.3 Å². The number of likely N-dealkylation sites (N-methyl/N-ethyl adjacent to an activating group) is 2. The summed E-state index contributed by atoms with van der Waals surface area (Å²) in [7, 11) is 4.34. The van der Waals surface area contributed by atoms with Crippen molar-refractivity contribution in [3.63, 3.8) is 0 Å². The predicted octanol–water partition coefficient (Wildman–Crippen LogP) is 0.126. The van der Waals surface area contributed by atoms with E-state index in [1.54, 1.807) is 0 Å². The second-order valence-electron chi connectivity index (χ2n) is 8.46. The zero-order chi connectivity index (χ0) is 20.3. The van der Waals surface area contributed by atoms with Gasteiger partial charge in [-0.25, -0.2) is 4.79 Å². The molecule has 3 amide bonds. The van der Waals surface area contributed by atoms with Gasteiger partial charge in [0.25, 0.3) is 5.91 Å². The number of hydrogen-bond acceptors (Lipinski definition) is 5.